The van der Waals surface area contributed by atoms with E-state index in [4.69, 9.17) is 0 Å². The molecular formula is C22H26N2O3. The van der Waals surface area contributed by atoms with E-state index in [-0.39, 0.29) is 11.8 Å². The van der Waals surface area contributed by atoms with Crippen molar-refractivity contribution in [2.75, 3.05) is 23.3 Å². The smallest absolute Gasteiger partial charge is 0.306 e. The van der Waals surface area contributed by atoms with E-state index in [0.29, 0.717) is 12.0 Å². The van der Waals surface area contributed by atoms with Gasteiger partial charge in [0.1, 0.15) is 0 Å². The topological polar surface area (TPSA) is 69.6 Å². The molecule has 0 spiro atoms. The number of benzene rings is 2. The van der Waals surface area contributed by atoms with Gasteiger partial charge in [0, 0.05) is 30.0 Å². The van der Waals surface area contributed by atoms with Gasteiger partial charge in [-0.15, -0.1) is 0 Å². The molecule has 3 rings (SSSR count). The standard InChI is InChI=1S/C22H26N2O3/c1-15-5-8-19(14-16(15)2)23-21(25)17-6-9-20(10-7-17)24-12-3-4-18(11-13-24)22(26)27/h5-10,14,18H,3-4,11-13H2,1-2H3,(H,23,25)(H,26,27). The summed E-state index contributed by atoms with van der Waals surface area (Å²) in [6, 6.07) is 13.4. The molecule has 1 atom stereocenters. The molecule has 2 aromatic rings. The molecule has 1 unspecified atom stereocenters. The van der Waals surface area contributed by atoms with Gasteiger partial charge in [0.15, 0.2) is 0 Å². The average Bonchev–Trinajstić information content (AvgIpc) is 2.91. The number of hydrogen-bond donors (Lipinski definition) is 2. The molecule has 0 aliphatic carbocycles. The minimum Gasteiger partial charge on any atom is -0.481 e. The van der Waals surface area contributed by atoms with Crippen molar-refractivity contribution in [3.05, 3.63) is 59.2 Å². The molecule has 0 saturated carbocycles. The van der Waals surface area contributed by atoms with Crippen molar-refractivity contribution >= 4 is 23.3 Å². The van der Waals surface area contributed by atoms with E-state index >= 15 is 0 Å². The molecule has 142 valence electrons. The van der Waals surface area contributed by atoms with E-state index in [1.165, 1.54) is 5.56 Å². The number of nitrogens with zero attached hydrogens (tertiary/aromatic N) is 1. The minimum atomic E-state index is -0.699. The van der Waals surface area contributed by atoms with Gasteiger partial charge in [0.25, 0.3) is 5.91 Å². The van der Waals surface area contributed by atoms with Crippen LogP contribution < -0.4 is 10.2 Å². The second-order valence-electron chi connectivity index (χ2n) is 7.25. The molecule has 27 heavy (non-hydrogen) atoms. The molecule has 1 saturated heterocycles. The molecule has 0 aromatic heterocycles. The fraction of sp³-hybridized carbons (Fsp3) is 0.364. The molecule has 1 aliphatic rings. The Bertz CT molecular complexity index is 830. The number of aliphatic carboxylic acids is 1. The van der Waals surface area contributed by atoms with Crippen LogP contribution in [0.3, 0.4) is 0 Å². The van der Waals surface area contributed by atoms with Crippen LogP contribution in [-0.4, -0.2) is 30.1 Å². The third kappa shape index (κ3) is 4.67. The fourth-order valence-electron chi connectivity index (χ4n) is 3.45. The average molecular weight is 366 g/mol. The Morgan fingerprint density at radius 3 is 2.41 bits per heavy atom. The molecule has 1 amide bonds. The second kappa shape index (κ2) is 8.25. The highest BCUT2D eigenvalue weighted by molar-refractivity contribution is 6.04. The number of carbonyl (C=O) groups excluding carboxylic acids is 1. The highest BCUT2D eigenvalue weighted by atomic mass is 16.4. The molecule has 5 nitrogen and oxygen atoms in total. The maximum absolute atomic E-state index is 12.5. The highest BCUT2D eigenvalue weighted by Gasteiger charge is 2.22. The molecule has 1 aliphatic heterocycles. The van der Waals surface area contributed by atoms with E-state index in [1.54, 1.807) is 0 Å². The van der Waals surface area contributed by atoms with Crippen LogP contribution in [-0.2, 0) is 4.79 Å². The number of rotatable bonds is 4. The van der Waals surface area contributed by atoms with E-state index in [9.17, 15) is 14.7 Å². The van der Waals surface area contributed by atoms with E-state index < -0.39 is 5.97 Å². The van der Waals surface area contributed by atoms with Crippen LogP contribution in [0.1, 0.15) is 40.7 Å². The van der Waals surface area contributed by atoms with Crippen molar-refractivity contribution in [3.63, 3.8) is 0 Å². The molecule has 1 heterocycles. The zero-order chi connectivity index (χ0) is 19.4. The number of carboxylic acids is 1. The quantitative estimate of drug-likeness (QED) is 0.849. The number of anilines is 2. The number of amides is 1. The summed E-state index contributed by atoms with van der Waals surface area (Å²) in [7, 11) is 0. The fourth-order valence-corrected chi connectivity index (χ4v) is 3.45. The predicted octanol–water partition coefficient (Wildman–Crippen LogP) is 4.25. The normalized spacial score (nSPS) is 17.3. The molecule has 0 bridgehead atoms. The zero-order valence-electron chi connectivity index (χ0n) is 15.9. The van der Waals surface area contributed by atoms with Gasteiger partial charge in [0.2, 0.25) is 0 Å². The molecule has 2 aromatic carbocycles. The Kier molecular flexibility index (Phi) is 5.79. The van der Waals surface area contributed by atoms with Gasteiger partial charge in [-0.1, -0.05) is 6.07 Å². The van der Waals surface area contributed by atoms with Gasteiger partial charge in [-0.05, 0) is 80.6 Å². The van der Waals surface area contributed by atoms with Crippen LogP contribution in [0.15, 0.2) is 42.5 Å². The lowest BCUT2D eigenvalue weighted by Crippen LogP contribution is -2.25. The van der Waals surface area contributed by atoms with Crippen LogP contribution in [0, 0.1) is 19.8 Å². The Balaban J connectivity index is 1.65. The summed E-state index contributed by atoms with van der Waals surface area (Å²) in [5.74, 6) is -1.08. The summed E-state index contributed by atoms with van der Waals surface area (Å²) in [4.78, 5) is 25.9. The van der Waals surface area contributed by atoms with E-state index in [1.807, 2.05) is 56.3 Å². The van der Waals surface area contributed by atoms with Crippen molar-refractivity contribution in [3.8, 4) is 0 Å². The Morgan fingerprint density at radius 1 is 1.00 bits per heavy atom. The van der Waals surface area contributed by atoms with Crippen LogP contribution in [0.2, 0.25) is 0 Å². The number of carbonyl (C=O) groups is 2. The van der Waals surface area contributed by atoms with Gasteiger partial charge >= 0.3 is 5.97 Å². The largest absolute Gasteiger partial charge is 0.481 e. The minimum absolute atomic E-state index is 0.133. The molecule has 5 heteroatoms. The summed E-state index contributed by atoms with van der Waals surface area (Å²) in [5, 5.41) is 12.1. The van der Waals surface area contributed by atoms with Crippen LogP contribution in [0.4, 0.5) is 11.4 Å². The number of aryl methyl sites for hydroxylation is 2. The summed E-state index contributed by atoms with van der Waals surface area (Å²) < 4.78 is 0. The Labute approximate surface area is 160 Å². The summed E-state index contributed by atoms with van der Waals surface area (Å²) in [5.41, 5.74) is 4.77. The Hall–Kier alpha value is -2.82. The maximum atomic E-state index is 12.5. The number of nitrogens with one attached hydrogen (secondary N) is 1. The first-order chi connectivity index (χ1) is 12.9. The molecule has 1 fully saturated rings. The van der Waals surface area contributed by atoms with Gasteiger partial charge < -0.3 is 15.3 Å². The first kappa shape index (κ1) is 19.0. The molecule has 0 radical (unpaired) electrons. The molecular weight excluding hydrogens is 340 g/mol. The van der Waals surface area contributed by atoms with Gasteiger partial charge in [-0.3, -0.25) is 9.59 Å². The van der Waals surface area contributed by atoms with Gasteiger partial charge in [-0.25, -0.2) is 0 Å². The predicted molar refractivity (Wildman–Crippen MR) is 108 cm³/mol. The summed E-state index contributed by atoms with van der Waals surface area (Å²) in [6.45, 7) is 5.64. The maximum Gasteiger partial charge on any atom is 0.306 e. The zero-order valence-corrected chi connectivity index (χ0v) is 15.9. The van der Waals surface area contributed by atoms with Crippen LogP contribution >= 0.6 is 0 Å². The monoisotopic (exact) mass is 366 g/mol. The van der Waals surface area contributed by atoms with Crippen LogP contribution in [0.5, 0.6) is 0 Å². The summed E-state index contributed by atoms with van der Waals surface area (Å²) in [6.07, 6.45) is 2.25. The molecule has 2 N–H and O–H groups in total. The number of hydrogen-bond acceptors (Lipinski definition) is 3. The lowest BCUT2D eigenvalue weighted by atomic mass is 10.0. The van der Waals surface area contributed by atoms with Crippen molar-refractivity contribution in [2.45, 2.75) is 33.1 Å². The lowest BCUT2D eigenvalue weighted by molar-refractivity contribution is -0.142. The third-order valence-corrected chi connectivity index (χ3v) is 5.34. The third-order valence-electron chi connectivity index (χ3n) is 5.34. The van der Waals surface area contributed by atoms with Crippen molar-refractivity contribution in [1.29, 1.82) is 0 Å². The summed E-state index contributed by atoms with van der Waals surface area (Å²) >= 11 is 0. The lowest BCUT2D eigenvalue weighted by Gasteiger charge is -2.23. The number of carboxylic acid groups (broad SMARTS) is 1. The highest BCUT2D eigenvalue weighted by Crippen LogP contribution is 2.24. The Morgan fingerprint density at radius 2 is 1.74 bits per heavy atom. The van der Waals surface area contributed by atoms with E-state index in [0.717, 1.165) is 42.9 Å². The van der Waals surface area contributed by atoms with Crippen LogP contribution in [0.25, 0.3) is 0 Å². The first-order valence-electron chi connectivity index (χ1n) is 9.40. The SMILES string of the molecule is Cc1ccc(NC(=O)c2ccc(N3CCCC(C(=O)O)CC3)cc2)cc1C. The first-order valence-corrected chi connectivity index (χ1v) is 9.40. The van der Waals surface area contributed by atoms with Crippen molar-refractivity contribution in [2.24, 2.45) is 5.92 Å². The van der Waals surface area contributed by atoms with Gasteiger partial charge in [-0.2, -0.15) is 0 Å². The van der Waals surface area contributed by atoms with E-state index in [2.05, 4.69) is 10.2 Å². The van der Waals surface area contributed by atoms with Crippen molar-refractivity contribution < 1.29 is 14.7 Å². The van der Waals surface area contributed by atoms with Crippen molar-refractivity contribution in [1.82, 2.24) is 0 Å². The van der Waals surface area contributed by atoms with Gasteiger partial charge in [0.05, 0.1) is 5.92 Å². The second-order valence-corrected chi connectivity index (χ2v) is 7.25.